The van der Waals surface area contributed by atoms with Crippen molar-refractivity contribution < 1.29 is 9.53 Å². The summed E-state index contributed by atoms with van der Waals surface area (Å²) in [5, 5.41) is 2.82. The third kappa shape index (κ3) is 4.76. The van der Waals surface area contributed by atoms with Crippen molar-refractivity contribution in [3.8, 4) is 5.75 Å². The molecule has 1 aromatic carbocycles. The minimum atomic E-state index is -0.360. The van der Waals surface area contributed by atoms with Gasteiger partial charge in [0.15, 0.2) is 0 Å². The fraction of sp³-hybridized carbons (Fsp3) is 0.462. The maximum atomic E-state index is 11.5. The lowest BCUT2D eigenvalue weighted by Gasteiger charge is -2.17. The van der Waals surface area contributed by atoms with Crippen molar-refractivity contribution in [2.45, 2.75) is 20.8 Å². The number of anilines is 1. The second-order valence-electron chi connectivity index (χ2n) is 4.92. The van der Waals surface area contributed by atoms with Crippen LogP contribution < -0.4 is 15.8 Å². The van der Waals surface area contributed by atoms with E-state index in [1.165, 1.54) is 0 Å². The maximum absolute atomic E-state index is 11.5. The number of rotatable bonds is 4. The van der Waals surface area contributed by atoms with Gasteiger partial charge >= 0.3 is 0 Å². The zero-order valence-electron chi connectivity index (χ0n) is 10.6. The summed E-state index contributed by atoms with van der Waals surface area (Å²) in [5.74, 6) is 0.780. The minimum absolute atomic E-state index is 0.0263. The Balaban J connectivity index is 2.25. The Hall–Kier alpha value is -1.71. The van der Waals surface area contributed by atoms with Crippen LogP contribution in [-0.4, -0.2) is 19.1 Å². The number of hydrogen-bond acceptors (Lipinski definition) is 3. The normalized spacial score (nSPS) is 11.0. The molecule has 4 heteroatoms. The van der Waals surface area contributed by atoms with Crippen LogP contribution in [0.15, 0.2) is 24.3 Å². The Labute approximate surface area is 102 Å². The highest BCUT2D eigenvalue weighted by Crippen LogP contribution is 2.13. The van der Waals surface area contributed by atoms with Crippen LogP contribution in [0.5, 0.6) is 5.75 Å². The molecule has 4 nitrogen and oxygen atoms in total. The fourth-order valence-corrected chi connectivity index (χ4v) is 1.16. The van der Waals surface area contributed by atoms with Gasteiger partial charge in [0.1, 0.15) is 12.4 Å². The van der Waals surface area contributed by atoms with Crippen molar-refractivity contribution in [2.75, 3.05) is 18.9 Å². The zero-order valence-corrected chi connectivity index (χ0v) is 10.6. The molecule has 0 atom stereocenters. The average Bonchev–Trinajstić information content (AvgIpc) is 2.25. The summed E-state index contributed by atoms with van der Waals surface area (Å²) in [6.07, 6.45) is 0. The van der Waals surface area contributed by atoms with Crippen molar-refractivity contribution in [3.05, 3.63) is 24.3 Å². The molecule has 1 amide bonds. The molecule has 94 valence electrons. The van der Waals surface area contributed by atoms with Crippen LogP contribution in [0, 0.1) is 5.41 Å². The number of carbonyl (C=O) groups is 1. The summed E-state index contributed by atoms with van der Waals surface area (Å²) in [7, 11) is 0. The molecule has 0 aliphatic carbocycles. The van der Waals surface area contributed by atoms with Crippen LogP contribution in [0.25, 0.3) is 0 Å². The molecule has 17 heavy (non-hydrogen) atoms. The second-order valence-corrected chi connectivity index (χ2v) is 4.92. The highest BCUT2D eigenvalue weighted by Gasteiger charge is 2.20. The van der Waals surface area contributed by atoms with E-state index in [0.717, 1.165) is 5.75 Å². The highest BCUT2D eigenvalue weighted by molar-refractivity contribution is 5.81. The van der Waals surface area contributed by atoms with E-state index in [1.807, 2.05) is 20.8 Å². The van der Waals surface area contributed by atoms with Crippen LogP contribution >= 0.6 is 0 Å². The Morgan fingerprint density at radius 2 is 1.88 bits per heavy atom. The lowest BCUT2D eigenvalue weighted by atomic mass is 9.96. The summed E-state index contributed by atoms with van der Waals surface area (Å²) >= 11 is 0. The lowest BCUT2D eigenvalue weighted by Crippen LogP contribution is -2.37. The molecule has 0 saturated carbocycles. The van der Waals surface area contributed by atoms with E-state index < -0.39 is 0 Å². The topological polar surface area (TPSA) is 64.3 Å². The molecular formula is C13H20N2O2. The standard InChI is InChI=1S/C13H20N2O2/c1-13(2,3)12(16)15-8-9-17-11-6-4-10(14)5-7-11/h4-7H,8-9,14H2,1-3H3,(H,15,16). The largest absolute Gasteiger partial charge is 0.492 e. The predicted molar refractivity (Wildman–Crippen MR) is 68.8 cm³/mol. The quantitative estimate of drug-likeness (QED) is 0.619. The van der Waals surface area contributed by atoms with Crippen molar-refractivity contribution in [3.63, 3.8) is 0 Å². The van der Waals surface area contributed by atoms with Crippen LogP contribution in [0.1, 0.15) is 20.8 Å². The predicted octanol–water partition coefficient (Wildman–Crippen LogP) is 1.81. The van der Waals surface area contributed by atoms with Gasteiger partial charge in [-0.1, -0.05) is 20.8 Å². The Kier molecular flexibility index (Phi) is 4.37. The molecule has 0 fully saturated rings. The molecule has 0 saturated heterocycles. The number of benzene rings is 1. The van der Waals surface area contributed by atoms with Gasteiger partial charge in [-0.2, -0.15) is 0 Å². The van der Waals surface area contributed by atoms with Gasteiger partial charge in [-0.25, -0.2) is 0 Å². The van der Waals surface area contributed by atoms with Crippen molar-refractivity contribution in [2.24, 2.45) is 5.41 Å². The van der Waals surface area contributed by atoms with E-state index in [2.05, 4.69) is 5.32 Å². The number of hydrogen-bond donors (Lipinski definition) is 2. The van der Waals surface area contributed by atoms with E-state index in [4.69, 9.17) is 10.5 Å². The average molecular weight is 236 g/mol. The lowest BCUT2D eigenvalue weighted by molar-refractivity contribution is -0.128. The molecule has 0 radical (unpaired) electrons. The van der Waals surface area contributed by atoms with Gasteiger partial charge in [0.25, 0.3) is 0 Å². The molecule has 0 unspecified atom stereocenters. The highest BCUT2D eigenvalue weighted by atomic mass is 16.5. The summed E-state index contributed by atoms with van der Waals surface area (Å²) < 4.78 is 5.45. The van der Waals surface area contributed by atoms with Gasteiger partial charge in [-0.15, -0.1) is 0 Å². The molecule has 1 rings (SSSR count). The van der Waals surface area contributed by atoms with E-state index in [1.54, 1.807) is 24.3 Å². The molecule has 0 aliphatic rings. The van der Waals surface area contributed by atoms with Crippen LogP contribution in [0.3, 0.4) is 0 Å². The van der Waals surface area contributed by atoms with Gasteiger partial charge in [-0.3, -0.25) is 4.79 Å². The smallest absolute Gasteiger partial charge is 0.225 e. The van der Waals surface area contributed by atoms with Crippen molar-refractivity contribution in [1.82, 2.24) is 5.32 Å². The second kappa shape index (κ2) is 5.57. The third-order valence-electron chi connectivity index (χ3n) is 2.22. The first-order valence-electron chi connectivity index (χ1n) is 5.66. The Bertz CT molecular complexity index is 366. The number of nitrogens with two attached hydrogens (primary N) is 1. The molecule has 0 heterocycles. The Morgan fingerprint density at radius 3 is 2.41 bits per heavy atom. The molecule has 0 spiro atoms. The van der Waals surface area contributed by atoms with E-state index in [9.17, 15) is 4.79 Å². The number of nitrogen functional groups attached to an aromatic ring is 1. The number of nitrogens with one attached hydrogen (secondary N) is 1. The van der Waals surface area contributed by atoms with Gasteiger partial charge in [0, 0.05) is 11.1 Å². The van der Waals surface area contributed by atoms with Crippen LogP contribution in [0.4, 0.5) is 5.69 Å². The van der Waals surface area contributed by atoms with E-state index in [0.29, 0.717) is 18.8 Å². The molecule has 3 N–H and O–H groups in total. The molecule has 0 aliphatic heterocycles. The van der Waals surface area contributed by atoms with E-state index in [-0.39, 0.29) is 11.3 Å². The minimum Gasteiger partial charge on any atom is -0.492 e. The van der Waals surface area contributed by atoms with Gasteiger partial charge in [0.05, 0.1) is 6.54 Å². The Morgan fingerprint density at radius 1 is 1.29 bits per heavy atom. The molecular weight excluding hydrogens is 216 g/mol. The van der Waals surface area contributed by atoms with Crippen LogP contribution in [0.2, 0.25) is 0 Å². The fourth-order valence-electron chi connectivity index (χ4n) is 1.16. The third-order valence-corrected chi connectivity index (χ3v) is 2.22. The van der Waals surface area contributed by atoms with Crippen LogP contribution in [-0.2, 0) is 4.79 Å². The molecule has 1 aromatic rings. The summed E-state index contributed by atoms with van der Waals surface area (Å²) in [5.41, 5.74) is 5.90. The first-order valence-corrected chi connectivity index (χ1v) is 5.66. The molecule has 0 bridgehead atoms. The first kappa shape index (κ1) is 13.4. The van der Waals surface area contributed by atoms with Gasteiger partial charge in [-0.05, 0) is 24.3 Å². The maximum Gasteiger partial charge on any atom is 0.225 e. The number of amides is 1. The monoisotopic (exact) mass is 236 g/mol. The summed E-state index contributed by atoms with van der Waals surface area (Å²) in [6, 6.07) is 7.17. The van der Waals surface area contributed by atoms with Gasteiger partial charge in [0.2, 0.25) is 5.91 Å². The van der Waals surface area contributed by atoms with Crippen molar-refractivity contribution >= 4 is 11.6 Å². The summed E-state index contributed by atoms with van der Waals surface area (Å²) in [6.45, 7) is 6.59. The first-order chi connectivity index (χ1) is 7.89. The summed E-state index contributed by atoms with van der Waals surface area (Å²) in [4.78, 5) is 11.5. The zero-order chi connectivity index (χ0) is 12.9. The number of carbonyl (C=O) groups excluding carboxylic acids is 1. The molecule has 0 aromatic heterocycles. The van der Waals surface area contributed by atoms with E-state index >= 15 is 0 Å². The van der Waals surface area contributed by atoms with Gasteiger partial charge < -0.3 is 15.8 Å². The SMILES string of the molecule is CC(C)(C)C(=O)NCCOc1ccc(N)cc1. The number of ether oxygens (including phenoxy) is 1. The van der Waals surface area contributed by atoms with Crippen molar-refractivity contribution in [1.29, 1.82) is 0 Å².